The van der Waals surface area contributed by atoms with Crippen LogP contribution in [0.15, 0.2) is 18.5 Å². The van der Waals surface area contributed by atoms with Crippen molar-refractivity contribution in [2.45, 2.75) is 62.7 Å². The summed E-state index contributed by atoms with van der Waals surface area (Å²) < 4.78 is 42.1. The molecule has 2 aromatic heterocycles. The number of hydrogen-bond donors (Lipinski definition) is 2. The Kier molecular flexibility index (Phi) is 6.32. The number of alkyl halides is 3. The van der Waals surface area contributed by atoms with Gasteiger partial charge in [0, 0.05) is 64.0 Å². The van der Waals surface area contributed by atoms with Crippen LogP contribution in [0, 0.1) is 0 Å². The van der Waals surface area contributed by atoms with E-state index in [1.165, 1.54) is 6.20 Å². The van der Waals surface area contributed by atoms with Crippen LogP contribution in [0.1, 0.15) is 49.7 Å². The molecule has 6 rings (SSSR count). The first-order chi connectivity index (χ1) is 18.3. The Morgan fingerprint density at radius 3 is 2.58 bits per heavy atom. The smallest absolute Gasteiger partial charge is 0.367 e. The Morgan fingerprint density at radius 1 is 1.08 bits per heavy atom. The molecule has 2 saturated heterocycles. The van der Waals surface area contributed by atoms with Gasteiger partial charge in [-0.05, 0) is 31.7 Å². The Labute approximate surface area is 219 Å². The average Bonchev–Trinajstić information content (AvgIpc) is 3.53. The molecule has 0 bridgehead atoms. The number of carbonyl (C=O) groups is 1. The van der Waals surface area contributed by atoms with E-state index in [4.69, 9.17) is 4.98 Å². The van der Waals surface area contributed by atoms with Crippen molar-refractivity contribution in [1.29, 1.82) is 0 Å². The number of pyridine rings is 1. The maximum atomic E-state index is 14.0. The number of piperidine rings is 1. The molecular weight excluding hydrogens is 497 g/mol. The zero-order valence-corrected chi connectivity index (χ0v) is 21.5. The predicted octanol–water partition coefficient (Wildman–Crippen LogP) is 3.34. The summed E-state index contributed by atoms with van der Waals surface area (Å²) in [4.78, 5) is 32.8. The summed E-state index contributed by atoms with van der Waals surface area (Å²) in [5, 5.41) is 6.07. The van der Waals surface area contributed by atoms with Gasteiger partial charge in [-0.2, -0.15) is 18.2 Å². The van der Waals surface area contributed by atoms with Gasteiger partial charge in [-0.1, -0.05) is 12.8 Å². The van der Waals surface area contributed by atoms with Gasteiger partial charge in [0.25, 0.3) is 0 Å². The van der Waals surface area contributed by atoms with E-state index in [0.717, 1.165) is 56.7 Å². The lowest BCUT2D eigenvalue weighted by atomic mass is 9.83. The minimum Gasteiger partial charge on any atom is -0.367 e. The topological polar surface area (TPSA) is 89.5 Å². The van der Waals surface area contributed by atoms with Gasteiger partial charge in [0.15, 0.2) is 0 Å². The number of anilines is 4. The monoisotopic (exact) mass is 530 g/mol. The van der Waals surface area contributed by atoms with Gasteiger partial charge in [-0.25, -0.2) is 9.97 Å². The summed E-state index contributed by atoms with van der Waals surface area (Å²) in [6, 6.07) is 1.24. The van der Waals surface area contributed by atoms with Crippen LogP contribution in [-0.4, -0.2) is 77.1 Å². The van der Waals surface area contributed by atoms with Crippen molar-refractivity contribution in [3.63, 3.8) is 0 Å². The maximum Gasteiger partial charge on any atom is 0.418 e. The molecule has 0 aromatic carbocycles. The van der Waals surface area contributed by atoms with E-state index in [2.05, 4.69) is 25.5 Å². The van der Waals surface area contributed by atoms with Crippen LogP contribution >= 0.6 is 0 Å². The summed E-state index contributed by atoms with van der Waals surface area (Å²) in [6.07, 6.45) is 4.90. The van der Waals surface area contributed by atoms with Gasteiger partial charge in [-0.15, -0.1) is 0 Å². The third-order valence-corrected chi connectivity index (χ3v) is 8.42. The largest absolute Gasteiger partial charge is 0.418 e. The molecule has 5 heterocycles. The molecule has 1 unspecified atom stereocenters. The summed E-state index contributed by atoms with van der Waals surface area (Å²) in [6.45, 7) is 2.95. The zero-order chi connectivity index (χ0) is 26.5. The Bertz CT molecular complexity index is 1210. The van der Waals surface area contributed by atoms with Crippen molar-refractivity contribution in [3.05, 3.63) is 29.6 Å². The molecule has 0 radical (unpaired) electrons. The van der Waals surface area contributed by atoms with Crippen LogP contribution < -0.4 is 20.4 Å². The fraction of sp³-hybridized carbons (Fsp3) is 0.615. The van der Waals surface area contributed by atoms with E-state index in [1.807, 2.05) is 11.9 Å². The first-order valence-corrected chi connectivity index (χ1v) is 13.5. The second-order valence-corrected chi connectivity index (χ2v) is 10.8. The number of fused-ring (bicyclic) bond motifs is 1. The molecule has 3 fully saturated rings. The number of rotatable bonds is 4. The number of likely N-dealkylation sites (tertiary alicyclic amines) is 1. The SMILES string of the molecule is CN1CCCC2(Cc3cnc(Nc4cc(C(F)(F)F)c(N5CCNCC5)cn4)nc3N2C2CCCC2)C1=O. The highest BCUT2D eigenvalue weighted by Crippen LogP contribution is 2.47. The highest BCUT2D eigenvalue weighted by atomic mass is 19.4. The highest BCUT2D eigenvalue weighted by molar-refractivity contribution is 5.93. The molecular formula is C26H33F3N8O. The molecule has 1 spiro atoms. The summed E-state index contributed by atoms with van der Waals surface area (Å²) in [5.74, 6) is 1.04. The molecule has 1 amide bonds. The zero-order valence-electron chi connectivity index (χ0n) is 21.5. The molecule has 9 nitrogen and oxygen atoms in total. The lowest BCUT2D eigenvalue weighted by molar-refractivity contribution is -0.139. The van der Waals surface area contributed by atoms with Crippen LogP contribution in [0.5, 0.6) is 0 Å². The molecule has 1 aliphatic carbocycles. The molecule has 1 saturated carbocycles. The summed E-state index contributed by atoms with van der Waals surface area (Å²) >= 11 is 0. The molecule has 3 aliphatic heterocycles. The lowest BCUT2D eigenvalue weighted by Gasteiger charge is -2.46. The number of carbonyl (C=O) groups excluding carboxylic acids is 1. The summed E-state index contributed by atoms with van der Waals surface area (Å²) in [7, 11) is 1.85. The first kappa shape index (κ1) is 25.1. The number of halogens is 3. The van der Waals surface area contributed by atoms with E-state index >= 15 is 0 Å². The third-order valence-electron chi connectivity index (χ3n) is 8.42. The van der Waals surface area contributed by atoms with Crippen molar-refractivity contribution in [1.82, 2.24) is 25.2 Å². The highest BCUT2D eigenvalue weighted by Gasteiger charge is 2.55. The van der Waals surface area contributed by atoms with Crippen molar-refractivity contribution in [2.24, 2.45) is 0 Å². The molecule has 2 aromatic rings. The van der Waals surface area contributed by atoms with Crippen LogP contribution in [0.4, 0.5) is 36.4 Å². The first-order valence-electron chi connectivity index (χ1n) is 13.5. The van der Waals surface area contributed by atoms with Crippen LogP contribution in [0.2, 0.25) is 0 Å². The molecule has 2 N–H and O–H groups in total. The third kappa shape index (κ3) is 4.32. The van der Waals surface area contributed by atoms with Gasteiger partial charge in [0.05, 0.1) is 17.4 Å². The summed E-state index contributed by atoms with van der Waals surface area (Å²) in [5.41, 5.74) is -0.414. The molecule has 1 atom stereocenters. The normalized spacial score (nSPS) is 24.4. The van der Waals surface area contributed by atoms with E-state index in [9.17, 15) is 18.0 Å². The number of nitrogens with zero attached hydrogens (tertiary/aromatic N) is 6. The van der Waals surface area contributed by atoms with Crippen LogP contribution in [-0.2, 0) is 17.4 Å². The number of aromatic nitrogens is 3. The van der Waals surface area contributed by atoms with E-state index in [-0.39, 0.29) is 29.4 Å². The van der Waals surface area contributed by atoms with Crippen molar-refractivity contribution in [2.75, 3.05) is 54.9 Å². The molecule has 204 valence electrons. The Hall–Kier alpha value is -3.15. The molecule has 4 aliphatic rings. The second-order valence-electron chi connectivity index (χ2n) is 10.8. The van der Waals surface area contributed by atoms with E-state index in [0.29, 0.717) is 38.4 Å². The average molecular weight is 531 g/mol. The Balaban J connectivity index is 1.33. The van der Waals surface area contributed by atoms with Crippen molar-refractivity contribution in [3.8, 4) is 0 Å². The number of likely N-dealkylation sites (N-methyl/N-ethyl adjacent to an activating group) is 1. The lowest BCUT2D eigenvalue weighted by Crippen LogP contribution is -2.63. The fourth-order valence-corrected chi connectivity index (χ4v) is 6.65. The molecule has 12 heteroatoms. The predicted molar refractivity (Wildman–Crippen MR) is 138 cm³/mol. The minimum absolute atomic E-state index is 0.0322. The number of amides is 1. The number of piperazine rings is 1. The van der Waals surface area contributed by atoms with Gasteiger partial charge in [0.2, 0.25) is 11.9 Å². The number of hydrogen-bond acceptors (Lipinski definition) is 8. The quantitative estimate of drug-likeness (QED) is 0.623. The van der Waals surface area contributed by atoms with Gasteiger partial charge in [-0.3, -0.25) is 4.79 Å². The maximum absolute atomic E-state index is 14.0. The standard InChI is InChI=1S/C26H33F3N8O/c1-35-10-4-7-25(23(35)38)14-17-15-32-24(34-22(17)37(25)18-5-2-3-6-18)33-21-13-19(26(27,28)29)20(16-31-21)36-11-8-30-9-12-36/h13,15-16,18,30H,2-12,14H2,1H3,(H,31,32,33,34). The van der Waals surface area contributed by atoms with Crippen LogP contribution in [0.3, 0.4) is 0 Å². The van der Waals surface area contributed by atoms with Crippen molar-refractivity contribution >= 4 is 29.2 Å². The van der Waals surface area contributed by atoms with Gasteiger partial charge in [0.1, 0.15) is 17.2 Å². The van der Waals surface area contributed by atoms with Gasteiger partial charge < -0.3 is 25.3 Å². The number of nitrogens with one attached hydrogen (secondary N) is 2. The van der Waals surface area contributed by atoms with E-state index in [1.54, 1.807) is 11.1 Å². The minimum atomic E-state index is -4.53. The van der Waals surface area contributed by atoms with E-state index < -0.39 is 17.3 Å². The van der Waals surface area contributed by atoms with Crippen LogP contribution in [0.25, 0.3) is 0 Å². The van der Waals surface area contributed by atoms with Crippen molar-refractivity contribution < 1.29 is 18.0 Å². The second kappa shape index (κ2) is 9.55. The molecule has 38 heavy (non-hydrogen) atoms. The fourth-order valence-electron chi connectivity index (χ4n) is 6.65. The van der Waals surface area contributed by atoms with Gasteiger partial charge >= 0.3 is 6.18 Å². The Morgan fingerprint density at radius 2 is 1.84 bits per heavy atom.